The normalized spacial score (nSPS) is 25.7. The maximum absolute atomic E-state index is 9.48. The summed E-state index contributed by atoms with van der Waals surface area (Å²) < 4.78 is 0. The predicted molar refractivity (Wildman–Crippen MR) is 114 cm³/mol. The van der Waals surface area contributed by atoms with E-state index in [0.29, 0.717) is 12.0 Å². The van der Waals surface area contributed by atoms with E-state index in [9.17, 15) is 5.11 Å². The van der Waals surface area contributed by atoms with E-state index in [1.54, 1.807) is 0 Å². The van der Waals surface area contributed by atoms with E-state index in [-0.39, 0.29) is 12.9 Å². The first-order valence-corrected chi connectivity index (χ1v) is 10.4. The van der Waals surface area contributed by atoms with Gasteiger partial charge in [0.1, 0.15) is 6.29 Å². The molecule has 0 aromatic heterocycles. The van der Waals surface area contributed by atoms with Gasteiger partial charge in [0, 0.05) is 37.3 Å². The average Bonchev–Trinajstić information content (AvgIpc) is 3.18. The minimum Gasteiger partial charge on any atom is -0.395 e. The van der Waals surface area contributed by atoms with Crippen molar-refractivity contribution in [3.63, 3.8) is 0 Å². The number of hydrogen-bond donors (Lipinski definition) is 4. The van der Waals surface area contributed by atoms with Gasteiger partial charge in [-0.25, -0.2) is 0 Å². The van der Waals surface area contributed by atoms with Crippen molar-refractivity contribution in [2.75, 3.05) is 31.6 Å². The number of aliphatic hydroxyl groups excluding tert-OH is 1. The Hall–Kier alpha value is -1.92. The maximum atomic E-state index is 9.48. The first-order valence-electron chi connectivity index (χ1n) is 10.4. The quantitative estimate of drug-likeness (QED) is 0.621. The molecule has 2 aliphatic rings. The summed E-state index contributed by atoms with van der Waals surface area (Å²) >= 11 is 0. The Morgan fingerprint density at radius 2 is 1.75 bits per heavy atom. The van der Waals surface area contributed by atoms with Gasteiger partial charge in [-0.3, -0.25) is 15.5 Å². The standard InChI is InChI=1S/C23H32N4O/c1-17-4-8-19(9-5-17)20-13-24-23(25-14-20)26-21-10-6-18(7-11-21)15-27-12-2-3-22(27)16-28/h4-11,20,22-26,28H,2-3,12-16H2,1H3/t20?,22-,23?/m0/s1. The Morgan fingerprint density at radius 1 is 1.04 bits per heavy atom. The fraction of sp³-hybridized carbons (Fsp3) is 0.478. The van der Waals surface area contributed by atoms with Gasteiger partial charge in [-0.15, -0.1) is 0 Å². The molecule has 0 spiro atoms. The molecule has 2 aromatic rings. The zero-order valence-corrected chi connectivity index (χ0v) is 16.7. The van der Waals surface area contributed by atoms with Gasteiger partial charge < -0.3 is 10.4 Å². The van der Waals surface area contributed by atoms with Crippen LogP contribution in [0.2, 0.25) is 0 Å². The minimum absolute atomic E-state index is 0.0879. The van der Waals surface area contributed by atoms with Gasteiger partial charge >= 0.3 is 0 Å². The monoisotopic (exact) mass is 380 g/mol. The third-order valence-electron chi connectivity index (χ3n) is 6.05. The van der Waals surface area contributed by atoms with Crippen molar-refractivity contribution in [3.05, 3.63) is 65.2 Å². The lowest BCUT2D eigenvalue weighted by Gasteiger charge is -2.32. The summed E-state index contributed by atoms with van der Waals surface area (Å²) in [4.78, 5) is 2.39. The maximum Gasteiger partial charge on any atom is 0.132 e. The molecule has 0 unspecified atom stereocenters. The lowest BCUT2D eigenvalue weighted by Crippen LogP contribution is -2.55. The number of aryl methyl sites for hydroxylation is 1. The highest BCUT2D eigenvalue weighted by Crippen LogP contribution is 2.21. The molecule has 0 amide bonds. The molecule has 2 fully saturated rings. The van der Waals surface area contributed by atoms with Gasteiger partial charge in [0.25, 0.3) is 0 Å². The van der Waals surface area contributed by atoms with Gasteiger partial charge in [-0.05, 0) is 49.6 Å². The van der Waals surface area contributed by atoms with Gasteiger partial charge in [0.05, 0.1) is 6.61 Å². The summed E-state index contributed by atoms with van der Waals surface area (Å²) in [6, 6.07) is 17.8. The number of nitrogens with zero attached hydrogens (tertiary/aromatic N) is 1. The third kappa shape index (κ3) is 4.73. The van der Waals surface area contributed by atoms with Crippen LogP contribution in [0, 0.1) is 6.92 Å². The van der Waals surface area contributed by atoms with Crippen molar-refractivity contribution in [1.82, 2.24) is 15.5 Å². The molecular formula is C23H32N4O. The van der Waals surface area contributed by atoms with Gasteiger partial charge in [0.2, 0.25) is 0 Å². The topological polar surface area (TPSA) is 59.6 Å². The molecule has 0 saturated carbocycles. The summed E-state index contributed by atoms with van der Waals surface area (Å²) in [5.41, 5.74) is 5.11. The van der Waals surface area contributed by atoms with Crippen LogP contribution in [0.4, 0.5) is 5.69 Å². The SMILES string of the molecule is Cc1ccc(C2CNC(Nc3ccc(CN4CCC[C@H]4CO)cc3)NC2)cc1. The van der Waals surface area contributed by atoms with E-state index in [0.717, 1.165) is 38.3 Å². The molecule has 150 valence electrons. The van der Waals surface area contributed by atoms with Crippen LogP contribution in [0.1, 0.15) is 35.4 Å². The summed E-state index contributed by atoms with van der Waals surface area (Å²) in [7, 11) is 0. The van der Waals surface area contributed by atoms with Crippen molar-refractivity contribution in [2.45, 2.75) is 44.6 Å². The van der Waals surface area contributed by atoms with E-state index in [1.165, 1.54) is 23.1 Å². The molecule has 2 aliphatic heterocycles. The van der Waals surface area contributed by atoms with E-state index in [4.69, 9.17) is 0 Å². The Kier molecular flexibility index (Phi) is 6.27. The molecule has 2 saturated heterocycles. The lowest BCUT2D eigenvalue weighted by molar-refractivity contribution is 0.153. The third-order valence-corrected chi connectivity index (χ3v) is 6.05. The highest BCUT2D eigenvalue weighted by atomic mass is 16.3. The minimum atomic E-state index is 0.0879. The highest BCUT2D eigenvalue weighted by molar-refractivity contribution is 5.45. The van der Waals surface area contributed by atoms with Crippen LogP contribution in [0.3, 0.4) is 0 Å². The molecule has 0 radical (unpaired) electrons. The van der Waals surface area contributed by atoms with Crippen LogP contribution in [0.25, 0.3) is 0 Å². The van der Waals surface area contributed by atoms with Crippen molar-refractivity contribution < 1.29 is 5.11 Å². The molecule has 0 bridgehead atoms. The Labute approximate surface area is 168 Å². The second-order valence-electron chi connectivity index (χ2n) is 8.15. The second-order valence-corrected chi connectivity index (χ2v) is 8.15. The Morgan fingerprint density at radius 3 is 2.43 bits per heavy atom. The number of aliphatic hydroxyl groups is 1. The summed E-state index contributed by atoms with van der Waals surface area (Å²) in [5, 5.41) is 20.1. The Balaban J connectivity index is 1.26. The van der Waals surface area contributed by atoms with Gasteiger partial charge in [-0.1, -0.05) is 42.0 Å². The summed E-state index contributed by atoms with van der Waals surface area (Å²) in [5.74, 6) is 0.501. The van der Waals surface area contributed by atoms with Crippen LogP contribution >= 0.6 is 0 Å². The number of likely N-dealkylation sites (tertiary alicyclic amines) is 1. The number of hydrogen-bond acceptors (Lipinski definition) is 5. The largest absolute Gasteiger partial charge is 0.395 e. The molecule has 2 aromatic carbocycles. The second kappa shape index (κ2) is 9.05. The van der Waals surface area contributed by atoms with Gasteiger partial charge in [0.15, 0.2) is 0 Å². The van der Waals surface area contributed by atoms with E-state index >= 15 is 0 Å². The lowest BCUT2D eigenvalue weighted by atomic mass is 9.97. The molecule has 2 heterocycles. The van der Waals surface area contributed by atoms with E-state index < -0.39 is 0 Å². The molecule has 0 aliphatic carbocycles. The molecule has 5 heteroatoms. The van der Waals surface area contributed by atoms with E-state index in [1.807, 2.05) is 0 Å². The summed E-state index contributed by atoms with van der Waals surface area (Å²) in [6.07, 6.45) is 2.39. The van der Waals surface area contributed by atoms with Crippen LogP contribution in [0.5, 0.6) is 0 Å². The van der Waals surface area contributed by atoms with Crippen molar-refractivity contribution in [1.29, 1.82) is 0 Å². The average molecular weight is 381 g/mol. The number of rotatable bonds is 6. The zero-order valence-electron chi connectivity index (χ0n) is 16.7. The molecule has 4 rings (SSSR count). The first kappa shape index (κ1) is 19.4. The molecule has 1 atom stereocenters. The summed E-state index contributed by atoms with van der Waals surface area (Å²) in [6.45, 7) is 6.32. The molecule has 4 N–H and O–H groups in total. The van der Waals surface area contributed by atoms with Gasteiger partial charge in [-0.2, -0.15) is 0 Å². The number of nitrogens with one attached hydrogen (secondary N) is 3. The van der Waals surface area contributed by atoms with Crippen LogP contribution < -0.4 is 16.0 Å². The van der Waals surface area contributed by atoms with Crippen molar-refractivity contribution in [3.8, 4) is 0 Å². The fourth-order valence-corrected chi connectivity index (χ4v) is 4.26. The molecule has 5 nitrogen and oxygen atoms in total. The van der Waals surface area contributed by atoms with Crippen LogP contribution in [-0.2, 0) is 6.54 Å². The number of benzene rings is 2. The predicted octanol–water partition coefficient (Wildman–Crippen LogP) is 2.62. The number of anilines is 1. The first-order chi connectivity index (χ1) is 13.7. The van der Waals surface area contributed by atoms with Crippen molar-refractivity contribution in [2.24, 2.45) is 0 Å². The smallest absolute Gasteiger partial charge is 0.132 e. The highest BCUT2D eigenvalue weighted by Gasteiger charge is 2.24. The van der Waals surface area contributed by atoms with Crippen LogP contribution in [-0.4, -0.2) is 48.6 Å². The molecular weight excluding hydrogens is 348 g/mol. The Bertz CT molecular complexity index is 738. The fourth-order valence-electron chi connectivity index (χ4n) is 4.26. The van der Waals surface area contributed by atoms with Crippen LogP contribution in [0.15, 0.2) is 48.5 Å². The molecule has 28 heavy (non-hydrogen) atoms. The zero-order chi connectivity index (χ0) is 19.3. The van der Waals surface area contributed by atoms with Crippen molar-refractivity contribution >= 4 is 5.69 Å². The van der Waals surface area contributed by atoms with E-state index in [2.05, 4.69) is 76.3 Å².